The first-order chi connectivity index (χ1) is 11.8. The van der Waals surface area contributed by atoms with E-state index in [9.17, 15) is 18.3 Å². The summed E-state index contributed by atoms with van der Waals surface area (Å²) in [7, 11) is -3.41. The maximum absolute atomic E-state index is 12.5. The van der Waals surface area contributed by atoms with Gasteiger partial charge in [0.15, 0.2) is 9.84 Å². The number of aryl methyl sites for hydroxylation is 2. The van der Waals surface area contributed by atoms with Crippen LogP contribution in [-0.4, -0.2) is 25.2 Å². The molecule has 0 aliphatic carbocycles. The highest BCUT2D eigenvalue weighted by Crippen LogP contribution is 2.29. The third kappa shape index (κ3) is 4.41. The maximum Gasteiger partial charge on any atom is 0.265 e. The van der Waals surface area contributed by atoms with Gasteiger partial charge >= 0.3 is 0 Å². The van der Waals surface area contributed by atoms with Crippen LogP contribution in [0.25, 0.3) is 0 Å². The first-order valence-electron chi connectivity index (χ1n) is 8.31. The number of sulfone groups is 1. The third-order valence-electron chi connectivity index (χ3n) is 3.93. The second kappa shape index (κ2) is 8.01. The minimum Gasteiger partial charge on any atom is -0.506 e. The van der Waals surface area contributed by atoms with Crippen LogP contribution in [0.4, 0.5) is 5.69 Å². The molecular formula is C18H23NO4S2. The molecule has 2 N–H and O–H groups in total. The van der Waals surface area contributed by atoms with Crippen molar-refractivity contribution in [2.24, 2.45) is 0 Å². The van der Waals surface area contributed by atoms with E-state index in [0.29, 0.717) is 4.88 Å². The van der Waals surface area contributed by atoms with Crippen molar-refractivity contribution in [2.75, 3.05) is 11.1 Å². The van der Waals surface area contributed by atoms with E-state index < -0.39 is 9.84 Å². The zero-order chi connectivity index (χ0) is 18.6. The van der Waals surface area contributed by atoms with Crippen molar-refractivity contribution in [3.05, 3.63) is 39.6 Å². The molecule has 1 aromatic heterocycles. The lowest BCUT2D eigenvalue weighted by Gasteiger charge is -2.09. The first kappa shape index (κ1) is 19.5. The molecule has 136 valence electrons. The van der Waals surface area contributed by atoms with E-state index in [0.717, 1.165) is 24.8 Å². The third-order valence-corrected chi connectivity index (χ3v) is 6.90. The number of thiophene rings is 1. The molecule has 0 fully saturated rings. The van der Waals surface area contributed by atoms with E-state index >= 15 is 0 Å². The van der Waals surface area contributed by atoms with E-state index in [1.165, 1.54) is 34.4 Å². The molecule has 2 aromatic rings. The Bertz CT molecular complexity index is 869. The van der Waals surface area contributed by atoms with Gasteiger partial charge in [0.2, 0.25) is 0 Å². The fourth-order valence-corrected chi connectivity index (χ4v) is 4.63. The SMILES string of the molecule is CCCc1sc(C(=O)Nc2cc(S(=O)(=O)CC)ccc2O)cc1CC. The molecule has 0 saturated heterocycles. The van der Waals surface area contributed by atoms with E-state index in [4.69, 9.17) is 0 Å². The van der Waals surface area contributed by atoms with Gasteiger partial charge in [-0.25, -0.2) is 8.42 Å². The van der Waals surface area contributed by atoms with Gasteiger partial charge in [-0.05, 0) is 42.7 Å². The van der Waals surface area contributed by atoms with Gasteiger partial charge in [0.25, 0.3) is 5.91 Å². The number of rotatable bonds is 7. The zero-order valence-corrected chi connectivity index (χ0v) is 16.3. The summed E-state index contributed by atoms with van der Waals surface area (Å²) < 4.78 is 24.0. The number of carbonyl (C=O) groups is 1. The number of hydrogen-bond donors (Lipinski definition) is 2. The number of hydrogen-bond acceptors (Lipinski definition) is 5. The standard InChI is InChI=1S/C18H23NO4S2/c1-4-7-16-12(5-2)10-17(24-16)18(21)19-14-11-13(8-9-15(14)20)25(22,23)6-3/h8-11,20H,4-7H2,1-3H3,(H,19,21). The Labute approximate surface area is 152 Å². The molecule has 25 heavy (non-hydrogen) atoms. The van der Waals surface area contributed by atoms with Crippen LogP contribution in [0, 0.1) is 0 Å². The van der Waals surface area contributed by atoms with Crippen molar-refractivity contribution in [3.8, 4) is 5.75 Å². The minimum absolute atomic E-state index is 0.0453. The predicted molar refractivity (Wildman–Crippen MR) is 101 cm³/mol. The summed E-state index contributed by atoms with van der Waals surface area (Å²) in [5.74, 6) is -0.552. The summed E-state index contributed by atoms with van der Waals surface area (Å²) in [5, 5.41) is 12.6. The summed E-state index contributed by atoms with van der Waals surface area (Å²) in [5.41, 5.74) is 1.26. The van der Waals surface area contributed by atoms with E-state index in [1.807, 2.05) is 13.0 Å². The molecule has 1 heterocycles. The predicted octanol–water partition coefficient (Wildman–Crippen LogP) is 4.01. The molecule has 0 radical (unpaired) electrons. The lowest BCUT2D eigenvalue weighted by atomic mass is 10.1. The quantitative estimate of drug-likeness (QED) is 0.710. The van der Waals surface area contributed by atoms with Gasteiger partial charge in [-0.3, -0.25) is 4.79 Å². The summed E-state index contributed by atoms with van der Waals surface area (Å²) in [6.07, 6.45) is 2.79. The summed E-state index contributed by atoms with van der Waals surface area (Å²) in [6.45, 7) is 5.69. The van der Waals surface area contributed by atoms with Crippen molar-refractivity contribution in [2.45, 2.75) is 44.9 Å². The van der Waals surface area contributed by atoms with Gasteiger partial charge in [0.1, 0.15) is 5.75 Å². The van der Waals surface area contributed by atoms with Crippen LogP contribution in [0.15, 0.2) is 29.2 Å². The monoisotopic (exact) mass is 381 g/mol. The highest BCUT2D eigenvalue weighted by atomic mass is 32.2. The number of carbonyl (C=O) groups excluding carboxylic acids is 1. The fourth-order valence-electron chi connectivity index (χ4n) is 2.48. The van der Waals surface area contributed by atoms with Gasteiger partial charge < -0.3 is 10.4 Å². The number of benzene rings is 1. The molecule has 0 aliphatic rings. The van der Waals surface area contributed by atoms with Crippen LogP contribution < -0.4 is 5.32 Å². The van der Waals surface area contributed by atoms with Crippen molar-refractivity contribution >= 4 is 32.8 Å². The molecule has 1 amide bonds. The van der Waals surface area contributed by atoms with E-state index in [-0.39, 0.29) is 28.0 Å². The highest BCUT2D eigenvalue weighted by Gasteiger charge is 2.18. The van der Waals surface area contributed by atoms with Gasteiger partial charge in [-0.2, -0.15) is 0 Å². The fraction of sp³-hybridized carbons (Fsp3) is 0.389. The van der Waals surface area contributed by atoms with E-state index in [2.05, 4.69) is 12.2 Å². The second-order valence-electron chi connectivity index (χ2n) is 5.70. The van der Waals surface area contributed by atoms with Gasteiger partial charge in [-0.15, -0.1) is 11.3 Å². The Balaban J connectivity index is 2.30. The van der Waals surface area contributed by atoms with Crippen LogP contribution in [0.3, 0.4) is 0 Å². The average Bonchev–Trinajstić information content (AvgIpc) is 3.00. The number of amides is 1. The highest BCUT2D eigenvalue weighted by molar-refractivity contribution is 7.91. The average molecular weight is 382 g/mol. The van der Waals surface area contributed by atoms with Crippen molar-refractivity contribution in [3.63, 3.8) is 0 Å². The molecule has 2 rings (SSSR count). The Hall–Kier alpha value is -1.86. The number of phenols is 1. The molecule has 0 spiro atoms. The Morgan fingerprint density at radius 2 is 1.92 bits per heavy atom. The number of anilines is 1. The number of phenolic OH excluding ortho intramolecular Hbond substituents is 1. The zero-order valence-electron chi connectivity index (χ0n) is 14.6. The Morgan fingerprint density at radius 1 is 1.20 bits per heavy atom. The molecule has 0 atom stereocenters. The lowest BCUT2D eigenvalue weighted by Crippen LogP contribution is -2.11. The largest absolute Gasteiger partial charge is 0.506 e. The molecule has 0 unspecified atom stereocenters. The van der Waals surface area contributed by atoms with Crippen LogP contribution in [0.2, 0.25) is 0 Å². The molecule has 7 heteroatoms. The molecule has 5 nitrogen and oxygen atoms in total. The molecular weight excluding hydrogens is 358 g/mol. The van der Waals surface area contributed by atoms with Gasteiger partial charge in [0, 0.05) is 4.88 Å². The van der Waals surface area contributed by atoms with Gasteiger partial charge in [0.05, 0.1) is 21.2 Å². The van der Waals surface area contributed by atoms with Crippen LogP contribution in [0.5, 0.6) is 5.75 Å². The summed E-state index contributed by atoms with van der Waals surface area (Å²) in [4.78, 5) is 14.4. The van der Waals surface area contributed by atoms with Crippen molar-refractivity contribution in [1.82, 2.24) is 0 Å². The van der Waals surface area contributed by atoms with Crippen LogP contribution >= 0.6 is 11.3 Å². The normalized spacial score (nSPS) is 11.5. The maximum atomic E-state index is 12.5. The second-order valence-corrected chi connectivity index (χ2v) is 9.11. The van der Waals surface area contributed by atoms with E-state index in [1.54, 1.807) is 6.92 Å². The lowest BCUT2D eigenvalue weighted by molar-refractivity contribution is 0.103. The molecule has 0 aliphatic heterocycles. The van der Waals surface area contributed by atoms with Crippen molar-refractivity contribution in [1.29, 1.82) is 0 Å². The van der Waals surface area contributed by atoms with Crippen molar-refractivity contribution < 1.29 is 18.3 Å². The molecule has 1 aromatic carbocycles. The topological polar surface area (TPSA) is 83.5 Å². The Kier molecular flexibility index (Phi) is 6.24. The number of aromatic hydroxyl groups is 1. The molecule has 0 saturated carbocycles. The number of nitrogens with one attached hydrogen (secondary N) is 1. The minimum atomic E-state index is -3.41. The first-order valence-corrected chi connectivity index (χ1v) is 10.8. The summed E-state index contributed by atoms with van der Waals surface area (Å²) >= 11 is 1.44. The smallest absolute Gasteiger partial charge is 0.265 e. The molecule has 0 bridgehead atoms. The summed E-state index contributed by atoms with van der Waals surface area (Å²) in [6, 6.07) is 5.79. The van der Waals surface area contributed by atoms with Crippen LogP contribution in [-0.2, 0) is 22.7 Å². The van der Waals surface area contributed by atoms with Gasteiger partial charge in [-0.1, -0.05) is 27.2 Å². The Morgan fingerprint density at radius 3 is 2.52 bits per heavy atom. The van der Waals surface area contributed by atoms with Crippen LogP contribution in [0.1, 0.15) is 47.3 Å².